The van der Waals surface area contributed by atoms with Crippen molar-refractivity contribution in [3.05, 3.63) is 29.8 Å². The van der Waals surface area contributed by atoms with Gasteiger partial charge in [0.05, 0.1) is 10.1 Å². The first-order valence-electron chi connectivity index (χ1n) is 9.95. The van der Waals surface area contributed by atoms with Crippen molar-refractivity contribution in [1.29, 1.82) is 0 Å². The number of likely N-dealkylation sites (tertiary alicyclic amines) is 1. The Morgan fingerprint density at radius 1 is 1.07 bits per heavy atom. The van der Waals surface area contributed by atoms with E-state index in [2.05, 4.69) is 0 Å². The fraction of sp³-hybridized carbons (Fsp3) is 0.650. The number of fused-ring (bicyclic) bond motifs is 1. The quantitative estimate of drug-likeness (QED) is 0.687. The Morgan fingerprint density at radius 3 is 2.20 bits per heavy atom. The zero-order valence-electron chi connectivity index (χ0n) is 18.0. The van der Waals surface area contributed by atoms with Gasteiger partial charge in [-0.1, -0.05) is 17.7 Å². The van der Waals surface area contributed by atoms with Gasteiger partial charge in [-0.3, -0.25) is 0 Å². The molecule has 0 aliphatic carbocycles. The van der Waals surface area contributed by atoms with E-state index >= 15 is 0 Å². The number of carbonyl (C=O) groups excluding carboxylic acids is 1. The Hall–Kier alpha value is -1.65. The Kier molecular flexibility index (Phi) is 5.98. The molecule has 0 N–H and O–H groups in total. The maximum absolute atomic E-state index is 13.3. The van der Waals surface area contributed by atoms with Gasteiger partial charge in [0.25, 0.3) is 0 Å². The molecule has 0 spiro atoms. The predicted octanol–water partition coefficient (Wildman–Crippen LogP) is 2.04. The molecule has 0 saturated carbocycles. The van der Waals surface area contributed by atoms with Crippen LogP contribution in [0, 0.1) is 12.8 Å². The van der Waals surface area contributed by atoms with Gasteiger partial charge in [0.15, 0.2) is 9.84 Å². The summed E-state index contributed by atoms with van der Waals surface area (Å²) in [5.74, 6) is -0.499. The van der Waals surface area contributed by atoms with Gasteiger partial charge in [-0.2, -0.15) is 4.31 Å². The number of sulfonamides is 1. The molecule has 8 nitrogen and oxygen atoms in total. The van der Waals surface area contributed by atoms with Gasteiger partial charge < -0.3 is 9.64 Å². The molecule has 1 amide bonds. The minimum atomic E-state index is -3.83. The fourth-order valence-corrected chi connectivity index (χ4v) is 7.38. The minimum absolute atomic E-state index is 0.0945. The third-order valence-electron chi connectivity index (χ3n) is 5.64. The monoisotopic (exact) mass is 458 g/mol. The summed E-state index contributed by atoms with van der Waals surface area (Å²) in [6, 6.07) is 5.97. The van der Waals surface area contributed by atoms with E-state index in [0.29, 0.717) is 0 Å². The highest BCUT2D eigenvalue weighted by atomic mass is 32.2. The van der Waals surface area contributed by atoms with Crippen LogP contribution in [0.1, 0.15) is 32.8 Å². The van der Waals surface area contributed by atoms with Crippen molar-refractivity contribution in [2.75, 3.05) is 25.9 Å². The van der Waals surface area contributed by atoms with Crippen molar-refractivity contribution in [2.24, 2.45) is 5.92 Å². The lowest BCUT2D eigenvalue weighted by atomic mass is 9.93. The number of amides is 1. The average Bonchev–Trinajstić information content (AvgIpc) is 3.04. The molecule has 0 bridgehead atoms. The lowest BCUT2D eigenvalue weighted by molar-refractivity contribution is 0.0284. The number of benzene rings is 1. The first-order chi connectivity index (χ1) is 13.7. The largest absolute Gasteiger partial charge is 0.444 e. The van der Waals surface area contributed by atoms with Gasteiger partial charge in [-0.25, -0.2) is 21.6 Å². The van der Waals surface area contributed by atoms with Crippen molar-refractivity contribution in [2.45, 2.75) is 55.9 Å². The van der Waals surface area contributed by atoms with E-state index < -0.39 is 48.8 Å². The number of ether oxygens (including phenoxy) is 1. The molecular weight excluding hydrogens is 428 g/mol. The Balaban J connectivity index is 1.94. The number of aryl methyl sites for hydroxylation is 1. The van der Waals surface area contributed by atoms with Crippen LogP contribution >= 0.6 is 0 Å². The second-order valence-corrected chi connectivity index (χ2v) is 13.4. The molecule has 10 heteroatoms. The maximum atomic E-state index is 13.3. The van der Waals surface area contributed by atoms with E-state index in [1.54, 1.807) is 45.0 Å². The maximum Gasteiger partial charge on any atom is 0.410 e. The van der Waals surface area contributed by atoms with Crippen molar-refractivity contribution in [1.82, 2.24) is 9.21 Å². The average molecular weight is 459 g/mol. The standard InChI is InChI=1S/C20H30N2O6S2/c1-14-6-8-15(9-7-14)30(26,27)22-11-10-18(29(5,24)25)16-12-21(13-17(16)22)19(23)28-20(2,3)4/h6-9,16-18H,10-13H2,1-5H3/t16-,17+,18?/m1/s1. The number of hydrogen-bond acceptors (Lipinski definition) is 6. The smallest absolute Gasteiger partial charge is 0.410 e. The molecule has 0 radical (unpaired) electrons. The number of rotatable bonds is 3. The fourth-order valence-electron chi connectivity index (χ4n) is 4.27. The van der Waals surface area contributed by atoms with Crippen LogP contribution in [0.5, 0.6) is 0 Å². The number of hydrogen-bond donors (Lipinski definition) is 0. The van der Waals surface area contributed by atoms with Gasteiger partial charge in [0.2, 0.25) is 10.0 Å². The topological polar surface area (TPSA) is 101 Å². The van der Waals surface area contributed by atoms with E-state index in [0.717, 1.165) is 5.56 Å². The van der Waals surface area contributed by atoms with E-state index in [-0.39, 0.29) is 31.0 Å². The van der Waals surface area contributed by atoms with Gasteiger partial charge in [0, 0.05) is 37.8 Å². The minimum Gasteiger partial charge on any atom is -0.444 e. The normalized spacial score (nSPS) is 25.8. The zero-order valence-corrected chi connectivity index (χ0v) is 19.7. The van der Waals surface area contributed by atoms with Crippen LogP contribution in [-0.4, -0.2) is 74.9 Å². The summed E-state index contributed by atoms with van der Waals surface area (Å²) in [5.41, 5.74) is 0.244. The molecule has 3 rings (SSSR count). The van der Waals surface area contributed by atoms with Gasteiger partial charge in [-0.15, -0.1) is 0 Å². The van der Waals surface area contributed by atoms with Gasteiger partial charge >= 0.3 is 6.09 Å². The van der Waals surface area contributed by atoms with E-state index in [1.807, 2.05) is 6.92 Å². The molecule has 168 valence electrons. The highest BCUT2D eigenvalue weighted by Gasteiger charge is 2.52. The van der Waals surface area contributed by atoms with Crippen molar-refractivity contribution >= 4 is 26.0 Å². The number of sulfone groups is 1. The van der Waals surface area contributed by atoms with E-state index in [1.165, 1.54) is 15.5 Å². The summed E-state index contributed by atoms with van der Waals surface area (Å²) in [6.07, 6.45) is 0.819. The first-order valence-corrected chi connectivity index (χ1v) is 13.3. The molecule has 2 aliphatic heterocycles. The number of nitrogens with zero attached hydrogens (tertiary/aromatic N) is 2. The number of carbonyl (C=O) groups is 1. The van der Waals surface area contributed by atoms with E-state index in [9.17, 15) is 21.6 Å². The Labute approximate surface area is 179 Å². The summed E-state index contributed by atoms with van der Waals surface area (Å²) in [7, 11) is -7.23. The second kappa shape index (κ2) is 7.80. The highest BCUT2D eigenvalue weighted by molar-refractivity contribution is 7.91. The molecule has 2 fully saturated rings. The summed E-state index contributed by atoms with van der Waals surface area (Å²) in [5, 5.41) is -0.695. The lowest BCUT2D eigenvalue weighted by Gasteiger charge is -2.39. The molecule has 2 aliphatic rings. The SMILES string of the molecule is Cc1ccc(S(=O)(=O)N2CCC(S(C)(=O)=O)[C@@H]3CN(C(=O)OC(C)(C)C)C[C@@H]32)cc1. The van der Waals surface area contributed by atoms with Crippen molar-refractivity contribution < 1.29 is 26.4 Å². The highest BCUT2D eigenvalue weighted by Crippen LogP contribution is 2.37. The predicted molar refractivity (Wildman–Crippen MR) is 113 cm³/mol. The molecular formula is C20H30N2O6S2. The van der Waals surface area contributed by atoms with E-state index in [4.69, 9.17) is 4.74 Å². The first kappa shape index (κ1) is 23.0. The van der Waals surface area contributed by atoms with Crippen LogP contribution in [0.15, 0.2) is 29.2 Å². The molecule has 1 unspecified atom stereocenters. The molecule has 2 heterocycles. The third-order valence-corrected chi connectivity index (χ3v) is 9.27. The molecule has 1 aromatic carbocycles. The Bertz CT molecular complexity index is 1010. The Morgan fingerprint density at radius 2 is 1.67 bits per heavy atom. The molecule has 0 aromatic heterocycles. The lowest BCUT2D eigenvalue weighted by Crippen LogP contribution is -2.54. The summed E-state index contributed by atoms with van der Waals surface area (Å²) < 4.78 is 58.3. The van der Waals surface area contributed by atoms with Crippen LogP contribution in [0.2, 0.25) is 0 Å². The molecule has 3 atom stereocenters. The number of piperidine rings is 1. The summed E-state index contributed by atoms with van der Waals surface area (Å²) >= 11 is 0. The van der Waals surface area contributed by atoms with Gasteiger partial charge in [0.1, 0.15) is 5.60 Å². The molecule has 30 heavy (non-hydrogen) atoms. The summed E-state index contributed by atoms with van der Waals surface area (Å²) in [4.78, 5) is 14.2. The molecule has 1 aromatic rings. The summed E-state index contributed by atoms with van der Waals surface area (Å²) in [6.45, 7) is 7.48. The van der Waals surface area contributed by atoms with Crippen LogP contribution in [0.4, 0.5) is 4.79 Å². The van der Waals surface area contributed by atoms with Crippen LogP contribution in [-0.2, 0) is 24.6 Å². The third kappa shape index (κ3) is 4.65. The van der Waals surface area contributed by atoms with Crippen LogP contribution in [0.25, 0.3) is 0 Å². The van der Waals surface area contributed by atoms with Gasteiger partial charge in [-0.05, 0) is 46.2 Å². The van der Waals surface area contributed by atoms with Crippen molar-refractivity contribution in [3.8, 4) is 0 Å². The zero-order chi connectivity index (χ0) is 22.5. The second-order valence-electron chi connectivity index (χ2n) is 9.20. The van der Waals surface area contributed by atoms with Crippen molar-refractivity contribution in [3.63, 3.8) is 0 Å². The van der Waals surface area contributed by atoms with Crippen LogP contribution in [0.3, 0.4) is 0 Å². The molecule has 2 saturated heterocycles. The van der Waals surface area contributed by atoms with Crippen LogP contribution < -0.4 is 0 Å².